The van der Waals surface area contributed by atoms with Crippen molar-refractivity contribution in [2.75, 3.05) is 0 Å². The van der Waals surface area contributed by atoms with Crippen molar-refractivity contribution < 1.29 is 9.31 Å². The highest BCUT2D eigenvalue weighted by Crippen LogP contribution is 2.36. The van der Waals surface area contributed by atoms with Crippen LogP contribution >= 0.6 is 0 Å². The number of fused-ring (bicyclic) bond motifs is 1. The van der Waals surface area contributed by atoms with Gasteiger partial charge in [0.25, 0.3) is 0 Å². The Labute approximate surface area is 114 Å². The number of nitrogens with zero attached hydrogens (tertiary/aromatic N) is 1. The van der Waals surface area contributed by atoms with E-state index in [1.165, 1.54) is 0 Å². The molecule has 0 saturated carbocycles. The Morgan fingerprint density at radius 3 is 2.37 bits per heavy atom. The van der Waals surface area contributed by atoms with Gasteiger partial charge in [-0.15, -0.1) is 0 Å². The van der Waals surface area contributed by atoms with E-state index in [4.69, 9.17) is 9.31 Å². The molecular weight excluding hydrogens is 237 g/mol. The number of hydrogen-bond acceptors (Lipinski definition) is 3. The summed E-state index contributed by atoms with van der Waals surface area (Å²) in [4.78, 5) is 4.16. The van der Waals surface area contributed by atoms with Crippen molar-refractivity contribution in [3.8, 4) is 0 Å². The smallest absolute Gasteiger partial charge is 0.399 e. The summed E-state index contributed by atoms with van der Waals surface area (Å²) in [5.41, 5.74) is 0.443. The Balaban J connectivity index is 2.08. The lowest BCUT2D eigenvalue weighted by Gasteiger charge is -2.32. The molecule has 1 aliphatic heterocycles. The number of hydrogen-bond donors (Lipinski definition) is 0. The second kappa shape index (κ2) is 4.05. The Bertz CT molecular complexity index is 603. The molecule has 0 radical (unpaired) electrons. The average Bonchev–Trinajstić information content (AvgIpc) is 2.58. The van der Waals surface area contributed by atoms with E-state index in [2.05, 4.69) is 44.8 Å². The first kappa shape index (κ1) is 12.6. The van der Waals surface area contributed by atoms with Gasteiger partial charge in [0.1, 0.15) is 0 Å². The summed E-state index contributed by atoms with van der Waals surface area (Å²) in [7, 11) is -0.323. The molecule has 0 spiro atoms. The van der Waals surface area contributed by atoms with Crippen LogP contribution in [0.1, 0.15) is 27.7 Å². The van der Waals surface area contributed by atoms with E-state index in [1.54, 1.807) is 6.20 Å². The van der Waals surface area contributed by atoms with Gasteiger partial charge in [-0.25, -0.2) is 0 Å². The van der Waals surface area contributed by atoms with Gasteiger partial charge in [-0.2, -0.15) is 0 Å². The van der Waals surface area contributed by atoms with Crippen LogP contribution in [0.3, 0.4) is 0 Å². The van der Waals surface area contributed by atoms with E-state index in [9.17, 15) is 0 Å². The molecular formula is C15H18BNO2. The third-order valence-corrected chi connectivity index (χ3v) is 4.22. The SMILES string of the molecule is CC1(C)OB(c2cccc3cnccc23)OC1(C)C. The summed E-state index contributed by atoms with van der Waals surface area (Å²) >= 11 is 0. The maximum absolute atomic E-state index is 6.12. The van der Waals surface area contributed by atoms with Crippen LogP contribution in [0.25, 0.3) is 10.8 Å². The molecule has 98 valence electrons. The molecule has 19 heavy (non-hydrogen) atoms. The Morgan fingerprint density at radius 1 is 1.00 bits per heavy atom. The Hall–Kier alpha value is -1.39. The van der Waals surface area contributed by atoms with Crippen molar-refractivity contribution in [1.29, 1.82) is 0 Å². The largest absolute Gasteiger partial charge is 0.495 e. The molecule has 0 unspecified atom stereocenters. The van der Waals surface area contributed by atoms with Crippen LogP contribution < -0.4 is 5.46 Å². The molecule has 0 amide bonds. The second-order valence-electron chi connectivity index (χ2n) is 6.03. The summed E-state index contributed by atoms with van der Waals surface area (Å²) in [6.45, 7) is 8.28. The minimum Gasteiger partial charge on any atom is -0.399 e. The van der Waals surface area contributed by atoms with Crippen LogP contribution in [0.4, 0.5) is 0 Å². The molecule has 3 nitrogen and oxygen atoms in total. The molecule has 2 heterocycles. The number of rotatable bonds is 1. The summed E-state index contributed by atoms with van der Waals surface area (Å²) in [5, 5.41) is 2.24. The highest BCUT2D eigenvalue weighted by molar-refractivity contribution is 6.65. The first-order valence-electron chi connectivity index (χ1n) is 6.59. The van der Waals surface area contributed by atoms with Gasteiger partial charge in [0.15, 0.2) is 0 Å². The maximum Gasteiger partial charge on any atom is 0.495 e. The molecule has 1 aromatic heterocycles. The molecule has 1 aromatic carbocycles. The monoisotopic (exact) mass is 255 g/mol. The molecule has 3 rings (SSSR count). The van der Waals surface area contributed by atoms with Crippen molar-refractivity contribution >= 4 is 23.4 Å². The van der Waals surface area contributed by atoms with Crippen LogP contribution in [0, 0.1) is 0 Å². The first-order valence-corrected chi connectivity index (χ1v) is 6.59. The highest BCUT2D eigenvalue weighted by Gasteiger charge is 2.51. The van der Waals surface area contributed by atoms with Gasteiger partial charge >= 0.3 is 7.12 Å². The fraction of sp³-hybridized carbons (Fsp3) is 0.400. The zero-order valence-electron chi connectivity index (χ0n) is 11.8. The Kier molecular flexibility index (Phi) is 2.70. The van der Waals surface area contributed by atoms with Gasteiger partial charge in [0.05, 0.1) is 11.2 Å². The van der Waals surface area contributed by atoms with Gasteiger partial charge in [0.2, 0.25) is 0 Å². The molecule has 2 aromatic rings. The van der Waals surface area contributed by atoms with Crippen LogP contribution in [0.5, 0.6) is 0 Å². The molecule has 1 fully saturated rings. The lowest BCUT2D eigenvalue weighted by molar-refractivity contribution is 0.00578. The molecule has 0 atom stereocenters. The molecule has 1 saturated heterocycles. The number of aromatic nitrogens is 1. The van der Waals surface area contributed by atoms with E-state index in [0.29, 0.717) is 0 Å². The minimum atomic E-state index is -0.323. The summed E-state index contributed by atoms with van der Waals surface area (Å²) in [6, 6.07) is 8.14. The molecule has 1 aliphatic rings. The maximum atomic E-state index is 6.12. The van der Waals surface area contributed by atoms with Gasteiger partial charge in [0, 0.05) is 12.4 Å². The number of pyridine rings is 1. The van der Waals surface area contributed by atoms with Crippen molar-refractivity contribution in [3.63, 3.8) is 0 Å². The predicted octanol–water partition coefficient (Wildman–Crippen LogP) is 2.53. The van der Waals surface area contributed by atoms with Crippen LogP contribution in [0.15, 0.2) is 36.7 Å². The molecule has 4 heteroatoms. The standard InChI is InChI=1S/C15H18BNO2/c1-14(2)15(3,4)19-16(18-14)13-7-5-6-11-10-17-9-8-12(11)13/h5-10H,1-4H3. The highest BCUT2D eigenvalue weighted by atomic mass is 16.7. The lowest BCUT2D eigenvalue weighted by Crippen LogP contribution is -2.41. The van der Waals surface area contributed by atoms with Gasteiger partial charge in [-0.05, 0) is 50.0 Å². The van der Waals surface area contributed by atoms with E-state index in [0.717, 1.165) is 16.2 Å². The zero-order valence-corrected chi connectivity index (χ0v) is 11.8. The van der Waals surface area contributed by atoms with E-state index in [-0.39, 0.29) is 18.3 Å². The van der Waals surface area contributed by atoms with Crippen LogP contribution in [0.2, 0.25) is 0 Å². The summed E-state index contributed by atoms with van der Waals surface area (Å²) in [6.07, 6.45) is 3.67. The van der Waals surface area contributed by atoms with Crippen molar-refractivity contribution in [2.45, 2.75) is 38.9 Å². The van der Waals surface area contributed by atoms with Crippen molar-refractivity contribution in [3.05, 3.63) is 36.7 Å². The van der Waals surface area contributed by atoms with Crippen molar-refractivity contribution in [1.82, 2.24) is 4.98 Å². The minimum absolute atomic E-state index is 0.313. The number of benzene rings is 1. The zero-order chi connectivity index (χ0) is 13.7. The second-order valence-corrected chi connectivity index (χ2v) is 6.03. The third-order valence-electron chi connectivity index (χ3n) is 4.22. The fourth-order valence-electron chi connectivity index (χ4n) is 2.32. The van der Waals surface area contributed by atoms with E-state index in [1.807, 2.05) is 18.3 Å². The normalized spacial score (nSPS) is 20.9. The molecule has 0 aliphatic carbocycles. The average molecular weight is 255 g/mol. The van der Waals surface area contributed by atoms with Gasteiger partial charge in [-0.1, -0.05) is 18.2 Å². The van der Waals surface area contributed by atoms with Crippen LogP contribution in [-0.4, -0.2) is 23.3 Å². The Morgan fingerprint density at radius 2 is 1.68 bits per heavy atom. The molecule has 0 bridgehead atoms. The fourth-order valence-corrected chi connectivity index (χ4v) is 2.32. The van der Waals surface area contributed by atoms with Gasteiger partial charge in [-0.3, -0.25) is 4.98 Å². The lowest BCUT2D eigenvalue weighted by atomic mass is 9.76. The molecule has 0 N–H and O–H groups in total. The van der Waals surface area contributed by atoms with E-state index >= 15 is 0 Å². The predicted molar refractivity (Wildman–Crippen MR) is 77.5 cm³/mol. The van der Waals surface area contributed by atoms with Crippen LogP contribution in [-0.2, 0) is 9.31 Å². The van der Waals surface area contributed by atoms with Gasteiger partial charge < -0.3 is 9.31 Å². The summed E-state index contributed by atoms with van der Waals surface area (Å²) < 4.78 is 12.2. The quantitative estimate of drug-likeness (QED) is 0.734. The topological polar surface area (TPSA) is 31.4 Å². The van der Waals surface area contributed by atoms with E-state index < -0.39 is 0 Å². The third kappa shape index (κ3) is 1.95. The first-order chi connectivity index (χ1) is 8.91. The summed E-state index contributed by atoms with van der Waals surface area (Å²) in [5.74, 6) is 0. The van der Waals surface area contributed by atoms with Crippen molar-refractivity contribution in [2.24, 2.45) is 0 Å².